The number of anilines is 1. The van der Waals surface area contributed by atoms with Crippen molar-refractivity contribution in [3.8, 4) is 0 Å². The lowest BCUT2D eigenvalue weighted by molar-refractivity contribution is -0.137. The quantitative estimate of drug-likeness (QED) is 0.283. The molecule has 0 aliphatic carbocycles. The number of aliphatic carboxylic acids is 1. The van der Waals surface area contributed by atoms with Crippen molar-refractivity contribution in [3.05, 3.63) is 68.7 Å². The monoisotopic (exact) mass is 585 g/mol. The van der Waals surface area contributed by atoms with Crippen molar-refractivity contribution in [2.75, 3.05) is 24.5 Å². The van der Waals surface area contributed by atoms with Crippen LogP contribution in [0.25, 0.3) is 10.9 Å². The van der Waals surface area contributed by atoms with Crippen molar-refractivity contribution in [1.82, 2.24) is 10.3 Å². The van der Waals surface area contributed by atoms with Gasteiger partial charge in [0.1, 0.15) is 5.82 Å². The highest BCUT2D eigenvalue weighted by atomic mass is 79.9. The van der Waals surface area contributed by atoms with Crippen LogP contribution in [0.15, 0.2) is 46.9 Å². The van der Waals surface area contributed by atoms with Crippen LogP contribution in [0.1, 0.15) is 66.4 Å². The molecule has 1 aromatic heterocycles. The summed E-state index contributed by atoms with van der Waals surface area (Å²) in [5, 5.41) is 13.7. The van der Waals surface area contributed by atoms with Gasteiger partial charge < -0.3 is 15.3 Å². The van der Waals surface area contributed by atoms with Crippen molar-refractivity contribution in [2.24, 2.45) is 5.92 Å². The van der Waals surface area contributed by atoms with E-state index in [1.165, 1.54) is 6.42 Å². The van der Waals surface area contributed by atoms with Crippen molar-refractivity contribution >= 4 is 56.1 Å². The normalized spacial score (nSPS) is 16.5. The summed E-state index contributed by atoms with van der Waals surface area (Å²) >= 11 is 9.99. The predicted octanol–water partition coefficient (Wildman–Crippen LogP) is 6.96. The lowest BCUT2D eigenvalue weighted by atomic mass is 9.93. The smallest absolute Gasteiger partial charge is 0.303 e. The first-order valence-electron chi connectivity index (χ1n) is 12.9. The first kappa shape index (κ1) is 27.4. The molecule has 2 aromatic carbocycles. The van der Waals surface area contributed by atoms with E-state index in [1.807, 2.05) is 43.3 Å². The van der Waals surface area contributed by atoms with E-state index in [0.717, 1.165) is 58.3 Å². The van der Waals surface area contributed by atoms with Gasteiger partial charge in [0.25, 0.3) is 5.91 Å². The van der Waals surface area contributed by atoms with Crippen LogP contribution >= 0.6 is 27.5 Å². The molecule has 196 valence electrons. The molecule has 4 rings (SSSR count). The van der Waals surface area contributed by atoms with E-state index in [9.17, 15) is 14.7 Å². The van der Waals surface area contributed by atoms with E-state index in [4.69, 9.17) is 16.6 Å². The molecule has 6 nitrogen and oxygen atoms in total. The minimum atomic E-state index is -0.874. The number of nitrogens with zero attached hydrogens (tertiary/aromatic N) is 2. The molecule has 2 heterocycles. The number of piperidine rings is 1. The highest BCUT2D eigenvalue weighted by molar-refractivity contribution is 9.10. The van der Waals surface area contributed by atoms with Crippen LogP contribution in [0.5, 0.6) is 0 Å². The van der Waals surface area contributed by atoms with Crippen LogP contribution in [0.4, 0.5) is 5.82 Å². The molecule has 1 amide bonds. The molecule has 0 saturated carbocycles. The fourth-order valence-corrected chi connectivity index (χ4v) is 5.94. The zero-order chi connectivity index (χ0) is 26.5. The molecule has 8 heteroatoms. The fourth-order valence-electron chi connectivity index (χ4n) is 5.28. The van der Waals surface area contributed by atoms with Crippen molar-refractivity contribution < 1.29 is 14.7 Å². The highest BCUT2D eigenvalue weighted by Crippen LogP contribution is 2.33. The van der Waals surface area contributed by atoms with Crippen molar-refractivity contribution in [1.29, 1.82) is 0 Å². The number of carbonyl (C=O) groups excluding carboxylic acids is 1. The number of benzene rings is 2. The molecule has 1 saturated heterocycles. The van der Waals surface area contributed by atoms with Crippen LogP contribution in [0, 0.1) is 12.8 Å². The Morgan fingerprint density at radius 3 is 2.78 bits per heavy atom. The predicted molar refractivity (Wildman–Crippen MR) is 153 cm³/mol. The standard InChI is InChI=1S/C29H33BrClN3O3/c1-3-19-7-6-14-34(17-19)28-18(2)27(23-15-21(30)11-12-25(23)33-28)29(37)32-16-20(10-13-26(35)36)22-8-4-5-9-24(22)31/h4-5,8-9,11-12,15,19-20H,3,6-7,10,13-14,16-17H2,1-2H3,(H,32,37)(H,35,36)/t19-,20-/m0/s1. The fraction of sp³-hybridized carbons (Fsp3) is 0.414. The molecule has 37 heavy (non-hydrogen) atoms. The lowest BCUT2D eigenvalue weighted by Gasteiger charge is -2.34. The van der Waals surface area contributed by atoms with E-state index in [1.54, 1.807) is 6.07 Å². The summed E-state index contributed by atoms with van der Waals surface area (Å²) in [5.41, 5.74) is 3.08. The lowest BCUT2D eigenvalue weighted by Crippen LogP contribution is -2.37. The van der Waals surface area contributed by atoms with Gasteiger partial charge in [-0.25, -0.2) is 4.98 Å². The van der Waals surface area contributed by atoms with Crippen LogP contribution in [-0.4, -0.2) is 41.6 Å². The van der Waals surface area contributed by atoms with Gasteiger partial charge in [0, 0.05) is 52.4 Å². The van der Waals surface area contributed by atoms with Gasteiger partial charge in [0.15, 0.2) is 0 Å². The Bertz CT molecular complexity index is 1300. The second-order valence-corrected chi connectivity index (χ2v) is 11.1. The number of carboxylic acid groups (broad SMARTS) is 1. The Labute approximate surface area is 231 Å². The van der Waals surface area contributed by atoms with E-state index >= 15 is 0 Å². The number of hydrogen-bond acceptors (Lipinski definition) is 4. The molecule has 2 atom stereocenters. The summed E-state index contributed by atoms with van der Waals surface area (Å²) in [7, 11) is 0. The molecule has 0 spiro atoms. The summed E-state index contributed by atoms with van der Waals surface area (Å²) in [5.74, 6) is 0.201. The first-order valence-corrected chi connectivity index (χ1v) is 14.0. The third-order valence-corrected chi connectivity index (χ3v) is 8.19. The van der Waals surface area contributed by atoms with Gasteiger partial charge in [-0.2, -0.15) is 0 Å². The minimum Gasteiger partial charge on any atom is -0.481 e. The van der Waals surface area contributed by atoms with Gasteiger partial charge in [-0.15, -0.1) is 0 Å². The average molecular weight is 587 g/mol. The maximum absolute atomic E-state index is 13.8. The van der Waals surface area contributed by atoms with Gasteiger partial charge >= 0.3 is 5.97 Å². The van der Waals surface area contributed by atoms with E-state index in [-0.39, 0.29) is 24.8 Å². The van der Waals surface area contributed by atoms with E-state index < -0.39 is 5.97 Å². The Balaban J connectivity index is 1.68. The number of hydrogen-bond donors (Lipinski definition) is 2. The number of fused-ring (bicyclic) bond motifs is 1. The SMILES string of the molecule is CC[C@H]1CCCN(c2nc3ccc(Br)cc3c(C(=O)NC[C@H](CCC(=O)O)c3ccccc3Cl)c2C)C1. The third kappa shape index (κ3) is 6.44. The summed E-state index contributed by atoms with van der Waals surface area (Å²) in [6.45, 7) is 6.35. The number of aromatic nitrogens is 1. The zero-order valence-electron chi connectivity index (χ0n) is 21.3. The molecular weight excluding hydrogens is 554 g/mol. The zero-order valence-corrected chi connectivity index (χ0v) is 23.6. The van der Waals surface area contributed by atoms with E-state index in [0.29, 0.717) is 22.9 Å². The first-order chi connectivity index (χ1) is 17.8. The van der Waals surface area contributed by atoms with Crippen molar-refractivity contribution in [2.45, 2.75) is 51.9 Å². The Hall–Kier alpha value is -2.64. The molecule has 1 aliphatic rings. The highest BCUT2D eigenvalue weighted by Gasteiger charge is 2.26. The van der Waals surface area contributed by atoms with Gasteiger partial charge in [0.2, 0.25) is 0 Å². The third-order valence-electron chi connectivity index (χ3n) is 7.35. The summed E-state index contributed by atoms with van der Waals surface area (Å²) < 4.78 is 0.877. The van der Waals surface area contributed by atoms with Crippen molar-refractivity contribution in [3.63, 3.8) is 0 Å². The molecule has 1 fully saturated rings. The average Bonchev–Trinajstić information content (AvgIpc) is 2.88. The Morgan fingerprint density at radius 1 is 1.27 bits per heavy atom. The Morgan fingerprint density at radius 2 is 2.05 bits per heavy atom. The molecule has 0 bridgehead atoms. The largest absolute Gasteiger partial charge is 0.481 e. The van der Waals surface area contributed by atoms with Gasteiger partial charge in [0.05, 0.1) is 11.1 Å². The number of nitrogens with one attached hydrogen (secondary N) is 1. The molecule has 2 N–H and O–H groups in total. The number of pyridine rings is 1. The molecule has 3 aromatic rings. The number of halogens is 2. The summed E-state index contributed by atoms with van der Waals surface area (Å²) in [4.78, 5) is 32.4. The molecule has 0 radical (unpaired) electrons. The number of carbonyl (C=O) groups is 2. The molecule has 0 unspecified atom stereocenters. The molecular formula is C29H33BrClN3O3. The van der Waals surface area contributed by atoms with Gasteiger partial charge in [-0.3, -0.25) is 9.59 Å². The van der Waals surface area contributed by atoms with Crippen LogP contribution in [-0.2, 0) is 4.79 Å². The maximum Gasteiger partial charge on any atom is 0.303 e. The van der Waals surface area contributed by atoms with Gasteiger partial charge in [-0.05, 0) is 61.9 Å². The molecule has 1 aliphatic heterocycles. The van der Waals surface area contributed by atoms with E-state index in [2.05, 4.69) is 33.1 Å². The van der Waals surface area contributed by atoms with Crippen LogP contribution < -0.4 is 10.2 Å². The maximum atomic E-state index is 13.8. The second-order valence-electron chi connectivity index (χ2n) is 9.82. The second kappa shape index (κ2) is 12.3. The number of rotatable bonds is 9. The number of amides is 1. The summed E-state index contributed by atoms with van der Waals surface area (Å²) in [6.07, 6.45) is 3.83. The number of carboxylic acids is 1. The van der Waals surface area contributed by atoms with Crippen LogP contribution in [0.2, 0.25) is 5.02 Å². The van der Waals surface area contributed by atoms with Crippen LogP contribution in [0.3, 0.4) is 0 Å². The topological polar surface area (TPSA) is 82.5 Å². The minimum absolute atomic E-state index is 0.00632. The Kier molecular flexibility index (Phi) is 9.08. The summed E-state index contributed by atoms with van der Waals surface area (Å²) in [6, 6.07) is 13.2. The van der Waals surface area contributed by atoms with Gasteiger partial charge in [-0.1, -0.05) is 59.1 Å².